The Balaban J connectivity index is 2.76. The molecule has 7 nitrogen and oxygen atoms in total. The van der Waals surface area contributed by atoms with Gasteiger partial charge in [-0.3, -0.25) is 20.2 Å². The van der Waals surface area contributed by atoms with E-state index in [-0.39, 0.29) is 36.6 Å². The highest BCUT2D eigenvalue weighted by Gasteiger charge is 2.47. The van der Waals surface area contributed by atoms with Crippen molar-refractivity contribution in [3.63, 3.8) is 0 Å². The molecule has 1 atom stereocenters. The number of carbonyl (C=O) groups excluding carboxylic acids is 1. The van der Waals surface area contributed by atoms with Gasteiger partial charge in [-0.25, -0.2) is 0 Å². The van der Waals surface area contributed by atoms with Crippen molar-refractivity contribution in [1.29, 1.82) is 0 Å². The summed E-state index contributed by atoms with van der Waals surface area (Å²) >= 11 is 0. The van der Waals surface area contributed by atoms with Crippen molar-refractivity contribution in [1.82, 2.24) is 5.32 Å². The molecule has 1 aliphatic rings. The van der Waals surface area contributed by atoms with Crippen molar-refractivity contribution >= 4 is 5.97 Å². The van der Waals surface area contributed by atoms with Gasteiger partial charge in [0.2, 0.25) is 6.54 Å². The number of ether oxygens (including phenoxy) is 2. The van der Waals surface area contributed by atoms with E-state index in [4.69, 9.17) is 9.47 Å². The zero-order chi connectivity index (χ0) is 15.6. The Kier molecular flexibility index (Phi) is 5.10. The average Bonchev–Trinajstić information content (AvgIpc) is 2.17. The van der Waals surface area contributed by atoms with Gasteiger partial charge in [-0.2, -0.15) is 0 Å². The van der Waals surface area contributed by atoms with E-state index in [1.807, 2.05) is 13.8 Å². The van der Waals surface area contributed by atoms with Crippen LogP contribution in [-0.4, -0.2) is 47.8 Å². The van der Waals surface area contributed by atoms with E-state index >= 15 is 0 Å². The molecule has 1 aliphatic heterocycles. The van der Waals surface area contributed by atoms with Crippen LogP contribution in [0.15, 0.2) is 0 Å². The highest BCUT2D eigenvalue weighted by atomic mass is 16.6. The topological polar surface area (TPSA) is 90.7 Å². The minimum absolute atomic E-state index is 0.0333. The molecular weight excluding hydrogens is 264 g/mol. The van der Waals surface area contributed by atoms with E-state index in [2.05, 4.69) is 5.32 Å². The lowest BCUT2D eigenvalue weighted by Crippen LogP contribution is -2.68. The molecule has 1 fully saturated rings. The number of carbonyl (C=O) groups is 1. The van der Waals surface area contributed by atoms with Crippen LogP contribution < -0.4 is 5.32 Å². The molecule has 0 aromatic rings. The second-order valence-corrected chi connectivity index (χ2v) is 6.66. The highest BCUT2D eigenvalue weighted by molar-refractivity contribution is 5.76. The van der Waals surface area contributed by atoms with Crippen molar-refractivity contribution in [3.05, 3.63) is 10.1 Å². The molecule has 1 N–H and O–H groups in total. The van der Waals surface area contributed by atoms with E-state index in [1.54, 1.807) is 20.8 Å². The molecule has 0 aromatic carbocycles. The van der Waals surface area contributed by atoms with Crippen LogP contribution in [0.4, 0.5) is 0 Å². The number of hydrogen-bond donors (Lipinski definition) is 1. The summed E-state index contributed by atoms with van der Waals surface area (Å²) in [6, 6.07) is -0.585. The summed E-state index contributed by atoms with van der Waals surface area (Å²) in [5.41, 5.74) is -1.35. The Morgan fingerprint density at radius 3 is 2.30 bits per heavy atom. The predicted molar refractivity (Wildman–Crippen MR) is 73.0 cm³/mol. The largest absolute Gasteiger partial charge is 0.459 e. The molecule has 1 saturated heterocycles. The third-order valence-electron chi connectivity index (χ3n) is 2.98. The molecule has 0 amide bonds. The van der Waals surface area contributed by atoms with Crippen LogP contribution in [0.1, 0.15) is 34.6 Å². The first-order chi connectivity index (χ1) is 9.05. The fourth-order valence-electron chi connectivity index (χ4n) is 2.01. The number of esters is 1. The number of nitrogens with one attached hydrogen (secondary N) is 1. The van der Waals surface area contributed by atoms with Crippen LogP contribution in [0, 0.1) is 16.0 Å². The first-order valence-corrected chi connectivity index (χ1v) is 6.75. The number of hydrogen-bond acceptors (Lipinski definition) is 6. The Bertz CT molecular complexity index is 371. The standard InChI is InChI=1S/C13H24N2O5/c1-9(2)10(11(16)20-12(3,4)5)14-13(6-15(17)18)7-19-8-13/h9-10,14H,6-8H2,1-5H3/t10-/m0/s1. The molecule has 1 heterocycles. The van der Waals surface area contributed by atoms with E-state index in [0.29, 0.717) is 0 Å². The lowest BCUT2D eigenvalue weighted by molar-refractivity contribution is -0.499. The van der Waals surface area contributed by atoms with Crippen LogP contribution in [0.3, 0.4) is 0 Å². The van der Waals surface area contributed by atoms with Crippen molar-refractivity contribution in [2.24, 2.45) is 5.92 Å². The SMILES string of the molecule is CC(C)[C@H](NC1(C[N+](=O)[O-])COC1)C(=O)OC(C)(C)C. The van der Waals surface area contributed by atoms with Crippen molar-refractivity contribution < 1.29 is 19.2 Å². The van der Waals surface area contributed by atoms with Crippen molar-refractivity contribution in [2.75, 3.05) is 19.8 Å². The summed E-state index contributed by atoms with van der Waals surface area (Å²) in [7, 11) is 0. The minimum atomic E-state index is -0.769. The molecular formula is C13H24N2O5. The Hall–Kier alpha value is -1.21. The monoisotopic (exact) mass is 288 g/mol. The predicted octanol–water partition coefficient (Wildman–Crippen LogP) is 0.988. The first-order valence-electron chi connectivity index (χ1n) is 6.75. The number of nitro groups is 1. The second kappa shape index (κ2) is 6.05. The quantitative estimate of drug-likeness (QED) is 0.445. The van der Waals surface area contributed by atoms with E-state index in [0.717, 1.165) is 0 Å². The second-order valence-electron chi connectivity index (χ2n) is 6.66. The maximum absolute atomic E-state index is 12.2. The van der Waals surface area contributed by atoms with Crippen molar-refractivity contribution in [3.8, 4) is 0 Å². The maximum Gasteiger partial charge on any atom is 0.323 e. The Morgan fingerprint density at radius 2 is 2.00 bits per heavy atom. The van der Waals surface area contributed by atoms with Crippen LogP contribution in [0.25, 0.3) is 0 Å². The van der Waals surface area contributed by atoms with Crippen LogP contribution >= 0.6 is 0 Å². The lowest BCUT2D eigenvalue weighted by atomic mass is 9.93. The average molecular weight is 288 g/mol. The lowest BCUT2D eigenvalue weighted by Gasteiger charge is -2.42. The molecule has 0 aromatic heterocycles. The Morgan fingerprint density at radius 1 is 1.45 bits per heavy atom. The van der Waals surface area contributed by atoms with Gasteiger partial charge in [0.05, 0.1) is 13.2 Å². The first kappa shape index (κ1) is 16.8. The van der Waals surface area contributed by atoms with Gasteiger partial charge in [-0.05, 0) is 26.7 Å². The molecule has 0 radical (unpaired) electrons. The molecule has 0 spiro atoms. The van der Waals surface area contributed by atoms with Gasteiger partial charge in [0.15, 0.2) is 0 Å². The van der Waals surface area contributed by atoms with E-state index in [1.165, 1.54) is 0 Å². The summed E-state index contributed by atoms with van der Waals surface area (Å²) in [6.07, 6.45) is 0. The molecule has 0 bridgehead atoms. The van der Waals surface area contributed by atoms with Gasteiger partial charge in [0.1, 0.15) is 17.2 Å². The molecule has 0 unspecified atom stereocenters. The van der Waals surface area contributed by atoms with Crippen LogP contribution in [-0.2, 0) is 14.3 Å². The van der Waals surface area contributed by atoms with Crippen LogP contribution in [0.2, 0.25) is 0 Å². The zero-order valence-corrected chi connectivity index (χ0v) is 12.8. The minimum Gasteiger partial charge on any atom is -0.459 e. The van der Waals surface area contributed by atoms with Gasteiger partial charge in [-0.15, -0.1) is 0 Å². The van der Waals surface area contributed by atoms with Gasteiger partial charge in [0.25, 0.3) is 0 Å². The Labute approximate surface area is 119 Å². The number of rotatable bonds is 6. The molecule has 7 heteroatoms. The third-order valence-corrected chi connectivity index (χ3v) is 2.98. The smallest absolute Gasteiger partial charge is 0.323 e. The van der Waals surface area contributed by atoms with Gasteiger partial charge in [-0.1, -0.05) is 13.8 Å². The molecule has 1 rings (SSSR count). The third kappa shape index (κ3) is 4.72. The maximum atomic E-state index is 12.2. The van der Waals surface area contributed by atoms with Gasteiger partial charge >= 0.3 is 5.97 Å². The number of nitrogens with zero attached hydrogens (tertiary/aromatic N) is 1. The molecule has 116 valence electrons. The summed E-state index contributed by atoms with van der Waals surface area (Å²) in [6.45, 7) is 9.34. The molecule has 0 aliphatic carbocycles. The van der Waals surface area contributed by atoms with Crippen LogP contribution in [0.5, 0.6) is 0 Å². The van der Waals surface area contributed by atoms with Crippen molar-refractivity contribution in [2.45, 2.75) is 51.8 Å². The summed E-state index contributed by atoms with van der Waals surface area (Å²) in [5.74, 6) is -0.420. The molecule has 0 saturated carbocycles. The summed E-state index contributed by atoms with van der Waals surface area (Å²) in [5, 5.41) is 13.8. The fourth-order valence-corrected chi connectivity index (χ4v) is 2.01. The van der Waals surface area contributed by atoms with Gasteiger partial charge < -0.3 is 9.47 Å². The molecule has 20 heavy (non-hydrogen) atoms. The zero-order valence-electron chi connectivity index (χ0n) is 12.8. The summed E-state index contributed by atoms with van der Waals surface area (Å²) < 4.78 is 10.4. The van der Waals surface area contributed by atoms with Gasteiger partial charge in [0, 0.05) is 4.92 Å². The van der Waals surface area contributed by atoms with E-state index in [9.17, 15) is 14.9 Å². The highest BCUT2D eigenvalue weighted by Crippen LogP contribution is 2.21. The fraction of sp³-hybridized carbons (Fsp3) is 0.923. The van der Waals surface area contributed by atoms with E-state index < -0.39 is 17.2 Å². The normalized spacial score (nSPS) is 19.3. The summed E-state index contributed by atoms with van der Waals surface area (Å²) in [4.78, 5) is 22.6.